The van der Waals surface area contributed by atoms with E-state index in [1.54, 1.807) is 47.3 Å². The number of pyridine rings is 2. The van der Waals surface area contributed by atoms with E-state index in [9.17, 15) is 13.6 Å². The Bertz CT molecular complexity index is 1290. The van der Waals surface area contributed by atoms with Gasteiger partial charge in [-0.2, -0.15) is 0 Å². The first-order chi connectivity index (χ1) is 14.9. The molecule has 0 aliphatic carbocycles. The highest BCUT2D eigenvalue weighted by Gasteiger charge is 2.47. The van der Waals surface area contributed by atoms with Gasteiger partial charge in [-0.1, -0.05) is 29.8 Å². The largest absolute Gasteiger partial charge is 0.466 e. The molecule has 6 nitrogen and oxygen atoms in total. The summed E-state index contributed by atoms with van der Waals surface area (Å²) in [6.07, 6.45) is 2.86. The maximum absolute atomic E-state index is 14.7. The van der Waals surface area contributed by atoms with Crippen LogP contribution in [-0.4, -0.2) is 50.3 Å². The molecular weight excluding hydrogens is 426 g/mol. The van der Waals surface area contributed by atoms with Gasteiger partial charge in [0.15, 0.2) is 11.8 Å². The third kappa shape index (κ3) is 3.57. The number of fused-ring (bicyclic) bond motifs is 2. The topological polar surface area (TPSA) is 59.7 Å². The van der Waals surface area contributed by atoms with Crippen molar-refractivity contribution in [2.45, 2.75) is 18.4 Å². The number of carbonyl (C=O) groups is 1. The second-order valence-corrected chi connectivity index (χ2v) is 7.81. The van der Waals surface area contributed by atoms with Crippen LogP contribution in [0.25, 0.3) is 16.6 Å². The van der Waals surface area contributed by atoms with Crippen LogP contribution in [0.1, 0.15) is 16.8 Å². The zero-order valence-corrected chi connectivity index (χ0v) is 17.0. The Labute approximate surface area is 181 Å². The lowest BCUT2D eigenvalue weighted by Crippen LogP contribution is -2.55. The van der Waals surface area contributed by atoms with Crippen LogP contribution in [0.15, 0.2) is 61.1 Å². The summed E-state index contributed by atoms with van der Waals surface area (Å²) in [5, 5.41) is 1.10. The third-order valence-electron chi connectivity index (χ3n) is 5.42. The van der Waals surface area contributed by atoms with Gasteiger partial charge in [0.05, 0.1) is 17.1 Å². The Balaban J connectivity index is 1.42. The zero-order chi connectivity index (χ0) is 21.6. The van der Waals surface area contributed by atoms with Crippen molar-refractivity contribution in [2.75, 3.05) is 13.1 Å². The minimum absolute atomic E-state index is 0.0889. The molecule has 1 amide bonds. The van der Waals surface area contributed by atoms with Crippen LogP contribution < -0.4 is 4.74 Å². The van der Waals surface area contributed by atoms with Crippen molar-refractivity contribution in [2.24, 2.45) is 0 Å². The number of alkyl halides is 2. The van der Waals surface area contributed by atoms with Gasteiger partial charge < -0.3 is 14.0 Å². The summed E-state index contributed by atoms with van der Waals surface area (Å²) in [4.78, 5) is 23.0. The van der Waals surface area contributed by atoms with Crippen molar-refractivity contribution in [3.63, 3.8) is 0 Å². The summed E-state index contributed by atoms with van der Waals surface area (Å²) in [5.74, 6) is -3.48. The Morgan fingerprint density at radius 2 is 2.00 bits per heavy atom. The molecule has 31 heavy (non-hydrogen) atoms. The molecule has 1 aliphatic heterocycles. The van der Waals surface area contributed by atoms with Crippen LogP contribution in [-0.2, 0) is 0 Å². The van der Waals surface area contributed by atoms with Gasteiger partial charge in [-0.25, -0.2) is 18.7 Å². The molecule has 0 saturated carbocycles. The van der Waals surface area contributed by atoms with E-state index in [0.717, 1.165) is 5.39 Å². The average Bonchev–Trinajstić information content (AvgIpc) is 3.23. The van der Waals surface area contributed by atoms with Crippen molar-refractivity contribution in [1.82, 2.24) is 19.3 Å². The molecule has 1 fully saturated rings. The van der Waals surface area contributed by atoms with E-state index in [-0.39, 0.29) is 29.6 Å². The highest BCUT2D eigenvalue weighted by Crippen LogP contribution is 2.33. The molecule has 1 saturated heterocycles. The molecule has 0 N–H and O–H groups in total. The lowest BCUT2D eigenvalue weighted by molar-refractivity contribution is -0.131. The number of benzene rings is 1. The lowest BCUT2D eigenvalue weighted by Gasteiger charge is -2.38. The smallest absolute Gasteiger partial charge is 0.287 e. The highest BCUT2D eigenvalue weighted by molar-refractivity contribution is 6.34. The van der Waals surface area contributed by atoms with Crippen molar-refractivity contribution in [1.29, 1.82) is 0 Å². The van der Waals surface area contributed by atoms with Crippen molar-refractivity contribution >= 4 is 34.1 Å². The predicted octanol–water partition coefficient (Wildman–Crippen LogP) is 4.46. The van der Waals surface area contributed by atoms with E-state index in [1.807, 2.05) is 18.2 Å². The first kappa shape index (κ1) is 19.7. The summed E-state index contributed by atoms with van der Waals surface area (Å²) in [7, 11) is 0. The standard InChI is InChI=1S/C22H17ClF2N4O2/c23-15-7-10-28-12-9-26-20(28)19(15)21(30)29-11-8-22(24,25)17(13-29)31-18-6-5-14-3-1-2-4-16(14)27-18/h1-7,9-10,12,17H,8,11,13H2. The number of aromatic nitrogens is 3. The van der Waals surface area contributed by atoms with Crippen LogP contribution in [0.3, 0.4) is 0 Å². The molecule has 4 aromatic rings. The van der Waals surface area contributed by atoms with E-state index in [2.05, 4.69) is 9.97 Å². The molecule has 1 aliphatic rings. The third-order valence-corrected chi connectivity index (χ3v) is 5.74. The number of imidazole rings is 1. The maximum Gasteiger partial charge on any atom is 0.287 e. The van der Waals surface area contributed by atoms with Crippen molar-refractivity contribution < 1.29 is 18.3 Å². The number of hydrogen-bond donors (Lipinski definition) is 0. The fourth-order valence-corrected chi connectivity index (χ4v) is 3.98. The van der Waals surface area contributed by atoms with Crippen LogP contribution in [0.4, 0.5) is 8.78 Å². The number of ether oxygens (including phenoxy) is 1. The van der Waals surface area contributed by atoms with Crippen molar-refractivity contribution in [3.05, 3.63) is 71.6 Å². The minimum atomic E-state index is -3.10. The summed E-state index contributed by atoms with van der Waals surface area (Å²) >= 11 is 6.26. The molecule has 5 rings (SSSR count). The second kappa shape index (κ2) is 7.46. The highest BCUT2D eigenvalue weighted by atomic mass is 35.5. The molecule has 1 atom stereocenters. The van der Waals surface area contributed by atoms with Gasteiger partial charge in [0.2, 0.25) is 5.88 Å². The molecule has 0 radical (unpaired) electrons. The number of rotatable bonds is 3. The van der Waals surface area contributed by atoms with Gasteiger partial charge in [-0.05, 0) is 18.2 Å². The van der Waals surface area contributed by atoms with Crippen LogP contribution in [0, 0.1) is 0 Å². The number of para-hydroxylation sites is 1. The SMILES string of the molecule is O=C(c1c(Cl)ccn2ccnc12)N1CCC(F)(F)C(Oc2ccc3ccccc3n2)C1. The first-order valence-electron chi connectivity index (χ1n) is 9.73. The summed E-state index contributed by atoms with van der Waals surface area (Å²) in [6, 6.07) is 12.2. The number of halogens is 3. The fraction of sp³-hybridized carbons (Fsp3) is 0.227. The van der Waals surface area contributed by atoms with E-state index >= 15 is 0 Å². The lowest BCUT2D eigenvalue weighted by atomic mass is 10.0. The van der Waals surface area contributed by atoms with E-state index in [0.29, 0.717) is 11.2 Å². The van der Waals surface area contributed by atoms with E-state index in [1.165, 1.54) is 4.90 Å². The first-order valence-corrected chi connectivity index (χ1v) is 10.1. The summed E-state index contributed by atoms with van der Waals surface area (Å²) in [6.45, 7) is -0.409. The summed E-state index contributed by atoms with van der Waals surface area (Å²) < 4.78 is 36.6. The number of carbonyl (C=O) groups excluding carboxylic acids is 1. The van der Waals surface area contributed by atoms with Crippen LogP contribution in [0.5, 0.6) is 5.88 Å². The number of hydrogen-bond acceptors (Lipinski definition) is 4. The van der Waals surface area contributed by atoms with Gasteiger partial charge in [0.25, 0.3) is 11.8 Å². The second-order valence-electron chi connectivity index (χ2n) is 7.41. The fourth-order valence-electron chi connectivity index (χ4n) is 3.76. The van der Waals surface area contributed by atoms with Gasteiger partial charge in [0, 0.05) is 43.0 Å². The normalized spacial score (nSPS) is 18.4. The van der Waals surface area contributed by atoms with Crippen LogP contribution >= 0.6 is 11.6 Å². The molecule has 9 heteroatoms. The maximum atomic E-state index is 14.7. The Hall–Kier alpha value is -3.26. The summed E-state index contributed by atoms with van der Waals surface area (Å²) in [5.41, 5.74) is 1.20. The molecule has 0 spiro atoms. The zero-order valence-electron chi connectivity index (χ0n) is 16.2. The van der Waals surface area contributed by atoms with Gasteiger partial charge >= 0.3 is 0 Å². The van der Waals surface area contributed by atoms with Gasteiger partial charge in [-0.3, -0.25) is 4.79 Å². The molecule has 4 heterocycles. The number of nitrogens with zero attached hydrogens (tertiary/aromatic N) is 4. The number of likely N-dealkylation sites (tertiary alicyclic amines) is 1. The molecule has 1 aromatic carbocycles. The predicted molar refractivity (Wildman–Crippen MR) is 112 cm³/mol. The van der Waals surface area contributed by atoms with Gasteiger partial charge in [0.1, 0.15) is 5.56 Å². The number of piperidine rings is 1. The van der Waals surface area contributed by atoms with Crippen molar-refractivity contribution in [3.8, 4) is 5.88 Å². The van der Waals surface area contributed by atoms with E-state index in [4.69, 9.17) is 16.3 Å². The Morgan fingerprint density at radius 1 is 1.16 bits per heavy atom. The molecule has 3 aromatic heterocycles. The monoisotopic (exact) mass is 442 g/mol. The molecule has 158 valence electrons. The van der Waals surface area contributed by atoms with Gasteiger partial charge in [-0.15, -0.1) is 0 Å². The molecular formula is C22H17ClF2N4O2. The van der Waals surface area contributed by atoms with Crippen LogP contribution in [0.2, 0.25) is 5.02 Å². The quantitative estimate of drug-likeness (QED) is 0.470. The Morgan fingerprint density at radius 3 is 2.87 bits per heavy atom. The average molecular weight is 443 g/mol. The molecule has 0 bridgehead atoms. The van der Waals surface area contributed by atoms with E-state index < -0.39 is 24.4 Å². The minimum Gasteiger partial charge on any atom is -0.466 e. The molecule has 1 unspecified atom stereocenters. The number of amides is 1. The Kier molecular flexibility index (Phi) is 4.74.